The van der Waals surface area contributed by atoms with Crippen LogP contribution >= 0.6 is 11.6 Å². The van der Waals surface area contributed by atoms with Gasteiger partial charge in [0.25, 0.3) is 11.8 Å². The molecule has 1 aliphatic rings. The normalized spacial score (nSPS) is 22.8. The third-order valence-electron chi connectivity index (χ3n) is 3.14. The van der Waals surface area contributed by atoms with Crippen molar-refractivity contribution in [2.75, 3.05) is 12.0 Å². The van der Waals surface area contributed by atoms with Gasteiger partial charge in [0.15, 0.2) is 0 Å². The highest BCUT2D eigenvalue weighted by Gasteiger charge is 2.52. The average molecular weight is 297 g/mol. The van der Waals surface area contributed by atoms with Crippen LogP contribution in [0.1, 0.15) is 13.3 Å². The van der Waals surface area contributed by atoms with Crippen molar-refractivity contribution in [2.24, 2.45) is 0 Å². The molecule has 1 saturated heterocycles. The van der Waals surface area contributed by atoms with E-state index >= 15 is 0 Å². The minimum absolute atomic E-state index is 0.0825. The van der Waals surface area contributed by atoms with Gasteiger partial charge >= 0.3 is 6.03 Å². The van der Waals surface area contributed by atoms with Crippen molar-refractivity contribution in [1.82, 2.24) is 5.32 Å². The summed E-state index contributed by atoms with van der Waals surface area (Å²) >= 11 is 6.05. The number of ether oxygens (including phenoxy) is 1. The minimum Gasteiger partial charge on any atom is -0.497 e. The first-order valence-electron chi connectivity index (χ1n) is 5.97. The molecule has 7 heteroatoms. The average Bonchev–Trinajstić information content (AvgIpc) is 2.45. The number of anilines is 1. The molecule has 0 spiro atoms. The third-order valence-corrected chi connectivity index (χ3v) is 3.74. The van der Waals surface area contributed by atoms with Crippen LogP contribution < -0.4 is 15.0 Å². The summed E-state index contributed by atoms with van der Waals surface area (Å²) in [4.78, 5) is 35.0. The Morgan fingerprint density at radius 1 is 1.25 bits per heavy atom. The summed E-state index contributed by atoms with van der Waals surface area (Å²) in [6, 6.07) is 5.48. The zero-order valence-corrected chi connectivity index (χ0v) is 11.7. The molecule has 6 nitrogen and oxygen atoms in total. The Hall–Kier alpha value is -2.08. The lowest BCUT2D eigenvalue weighted by Crippen LogP contribution is -2.65. The zero-order chi connectivity index (χ0) is 14.9. The number of amides is 4. The Morgan fingerprint density at radius 3 is 2.35 bits per heavy atom. The first-order valence-corrected chi connectivity index (χ1v) is 6.34. The fraction of sp³-hybridized carbons (Fsp3) is 0.308. The molecule has 1 aromatic carbocycles. The van der Waals surface area contributed by atoms with Gasteiger partial charge < -0.3 is 4.74 Å². The van der Waals surface area contributed by atoms with Gasteiger partial charge in [0.05, 0.1) is 12.8 Å². The quantitative estimate of drug-likeness (QED) is 0.680. The lowest BCUT2D eigenvalue weighted by atomic mass is 10.00. The summed E-state index contributed by atoms with van der Waals surface area (Å²) in [6.07, 6.45) is 0.0825. The van der Waals surface area contributed by atoms with Crippen LogP contribution in [-0.4, -0.2) is 29.8 Å². The zero-order valence-electron chi connectivity index (χ0n) is 11.0. The van der Waals surface area contributed by atoms with E-state index in [0.29, 0.717) is 11.4 Å². The third kappa shape index (κ3) is 2.12. The Morgan fingerprint density at radius 2 is 1.85 bits per heavy atom. The van der Waals surface area contributed by atoms with Gasteiger partial charge in [-0.15, -0.1) is 0 Å². The van der Waals surface area contributed by atoms with E-state index in [1.54, 1.807) is 31.2 Å². The maximum absolute atomic E-state index is 12.3. The molecule has 20 heavy (non-hydrogen) atoms. The van der Waals surface area contributed by atoms with Gasteiger partial charge in [-0.1, -0.05) is 18.5 Å². The number of nitrogens with one attached hydrogen (secondary N) is 1. The molecule has 106 valence electrons. The monoisotopic (exact) mass is 296 g/mol. The maximum Gasteiger partial charge on any atom is 0.335 e. The molecule has 0 aromatic heterocycles. The Labute approximate surface area is 120 Å². The Kier molecular flexibility index (Phi) is 3.67. The van der Waals surface area contributed by atoms with Crippen molar-refractivity contribution in [1.29, 1.82) is 0 Å². The van der Waals surface area contributed by atoms with Crippen molar-refractivity contribution in [3.8, 4) is 5.75 Å². The molecule has 4 amide bonds. The summed E-state index contributed by atoms with van der Waals surface area (Å²) in [5, 5.41) is 2.09. The van der Waals surface area contributed by atoms with E-state index in [-0.39, 0.29) is 6.42 Å². The lowest BCUT2D eigenvalue weighted by Gasteiger charge is -2.34. The van der Waals surface area contributed by atoms with E-state index in [4.69, 9.17) is 16.3 Å². The molecule has 1 unspecified atom stereocenters. The predicted octanol–water partition coefficient (Wildman–Crippen LogP) is 1.67. The number of carbonyl (C=O) groups excluding carboxylic acids is 3. The van der Waals surface area contributed by atoms with Gasteiger partial charge in [-0.25, -0.2) is 9.69 Å². The molecule has 1 fully saturated rings. The molecule has 2 rings (SSSR count). The number of rotatable bonds is 3. The predicted molar refractivity (Wildman–Crippen MR) is 72.9 cm³/mol. The van der Waals surface area contributed by atoms with Gasteiger partial charge in [-0.3, -0.25) is 14.9 Å². The number of nitrogens with zero attached hydrogens (tertiary/aromatic N) is 1. The summed E-state index contributed by atoms with van der Waals surface area (Å²) in [6.45, 7) is 1.60. The van der Waals surface area contributed by atoms with Crippen LogP contribution in [-0.2, 0) is 9.59 Å². The Bertz CT molecular complexity index is 572. The fourth-order valence-corrected chi connectivity index (χ4v) is 2.03. The van der Waals surface area contributed by atoms with Crippen LogP contribution in [0.2, 0.25) is 0 Å². The van der Waals surface area contributed by atoms with Crippen LogP contribution in [0.15, 0.2) is 24.3 Å². The van der Waals surface area contributed by atoms with Crippen molar-refractivity contribution >= 4 is 35.1 Å². The molecule has 0 aliphatic carbocycles. The summed E-state index contributed by atoms with van der Waals surface area (Å²) < 4.78 is 5.01. The first-order chi connectivity index (χ1) is 9.43. The molecule has 0 saturated carbocycles. The van der Waals surface area contributed by atoms with Crippen molar-refractivity contribution < 1.29 is 19.1 Å². The summed E-state index contributed by atoms with van der Waals surface area (Å²) in [5.74, 6) is -0.954. The molecule has 0 bridgehead atoms. The van der Waals surface area contributed by atoms with Crippen LogP contribution in [0.4, 0.5) is 10.5 Å². The van der Waals surface area contributed by atoms with E-state index in [0.717, 1.165) is 4.90 Å². The van der Waals surface area contributed by atoms with Crippen LogP contribution in [0.25, 0.3) is 0 Å². The standard InChI is InChI=1S/C13H13ClN2O4/c1-3-13(14)10(17)15-12(19)16(11(13)18)8-4-6-9(20-2)7-5-8/h4-7H,3H2,1-2H3,(H,15,17,19). The SMILES string of the molecule is CCC1(Cl)C(=O)NC(=O)N(c2ccc(OC)cc2)C1=O. The number of imide groups is 2. The minimum atomic E-state index is -1.76. The van der Waals surface area contributed by atoms with E-state index in [1.807, 2.05) is 0 Å². The second-order valence-corrected chi connectivity index (χ2v) is 4.90. The topological polar surface area (TPSA) is 75.7 Å². The fourth-order valence-electron chi connectivity index (χ4n) is 1.90. The highest BCUT2D eigenvalue weighted by atomic mass is 35.5. The molecule has 1 N–H and O–H groups in total. The number of carbonyl (C=O) groups is 3. The van der Waals surface area contributed by atoms with Gasteiger partial charge in [-0.05, 0) is 30.7 Å². The van der Waals surface area contributed by atoms with E-state index in [9.17, 15) is 14.4 Å². The maximum atomic E-state index is 12.3. The number of hydrogen-bond donors (Lipinski definition) is 1. The molecular formula is C13H13ClN2O4. The number of barbiturate groups is 1. The molecule has 1 atom stereocenters. The largest absolute Gasteiger partial charge is 0.497 e. The first kappa shape index (κ1) is 14.3. The van der Waals surface area contributed by atoms with E-state index < -0.39 is 22.7 Å². The second kappa shape index (κ2) is 5.13. The molecule has 1 heterocycles. The molecular weight excluding hydrogens is 284 g/mol. The van der Waals surface area contributed by atoms with Gasteiger partial charge in [-0.2, -0.15) is 0 Å². The lowest BCUT2D eigenvalue weighted by molar-refractivity contribution is -0.132. The number of halogens is 1. The van der Waals surface area contributed by atoms with Gasteiger partial charge in [0.1, 0.15) is 5.75 Å². The highest BCUT2D eigenvalue weighted by molar-refractivity contribution is 6.52. The second-order valence-electron chi connectivity index (χ2n) is 4.25. The number of benzene rings is 1. The number of alkyl halides is 1. The number of methoxy groups -OCH3 is 1. The van der Waals surface area contributed by atoms with E-state index in [2.05, 4.69) is 5.32 Å². The number of urea groups is 1. The van der Waals surface area contributed by atoms with Crippen LogP contribution in [0, 0.1) is 0 Å². The van der Waals surface area contributed by atoms with Gasteiger partial charge in [0.2, 0.25) is 4.87 Å². The molecule has 1 aromatic rings. The van der Waals surface area contributed by atoms with E-state index in [1.165, 1.54) is 7.11 Å². The molecule has 1 aliphatic heterocycles. The Balaban J connectivity index is 2.41. The highest BCUT2D eigenvalue weighted by Crippen LogP contribution is 2.30. The number of hydrogen-bond acceptors (Lipinski definition) is 4. The smallest absolute Gasteiger partial charge is 0.335 e. The summed E-state index contributed by atoms with van der Waals surface area (Å²) in [7, 11) is 1.51. The van der Waals surface area contributed by atoms with Crippen molar-refractivity contribution in [3.63, 3.8) is 0 Å². The van der Waals surface area contributed by atoms with Crippen LogP contribution in [0.3, 0.4) is 0 Å². The summed E-state index contributed by atoms with van der Waals surface area (Å²) in [5.41, 5.74) is 0.319. The molecule has 0 radical (unpaired) electrons. The van der Waals surface area contributed by atoms with Crippen molar-refractivity contribution in [3.05, 3.63) is 24.3 Å². The van der Waals surface area contributed by atoms with Gasteiger partial charge in [0, 0.05) is 0 Å². The van der Waals surface area contributed by atoms with Crippen LogP contribution in [0.5, 0.6) is 5.75 Å². The van der Waals surface area contributed by atoms with Crippen molar-refractivity contribution in [2.45, 2.75) is 18.2 Å².